The molecule has 2 saturated carbocycles. The minimum Gasteiger partial charge on any atom is -0.465 e. The fraction of sp³-hybridized carbons (Fsp3) is 0.471. The smallest absolute Gasteiger partial charge is 0.343 e. The first kappa shape index (κ1) is 36.0. The van der Waals surface area contributed by atoms with Gasteiger partial charge in [-0.25, -0.2) is 28.9 Å². The second kappa shape index (κ2) is 15.3. The highest BCUT2D eigenvalue weighted by atomic mass is 16.5. The van der Waals surface area contributed by atoms with E-state index in [1.807, 2.05) is 0 Å². The number of aromatic nitrogens is 10. The zero-order valence-corrected chi connectivity index (χ0v) is 30.6. The van der Waals surface area contributed by atoms with Crippen LogP contribution in [0.1, 0.15) is 108 Å². The van der Waals surface area contributed by atoms with E-state index in [0.29, 0.717) is 34.4 Å². The largest absolute Gasteiger partial charge is 0.465 e. The van der Waals surface area contributed by atoms with E-state index in [1.54, 1.807) is 20.2 Å². The number of anilines is 2. The Morgan fingerprint density at radius 1 is 0.667 bits per heavy atom. The van der Waals surface area contributed by atoms with Gasteiger partial charge in [-0.3, -0.25) is 0 Å². The highest BCUT2D eigenvalue weighted by Crippen LogP contribution is 2.43. The van der Waals surface area contributed by atoms with E-state index < -0.39 is 11.9 Å². The summed E-state index contributed by atoms with van der Waals surface area (Å²) in [6.07, 6.45) is 14.3. The Kier molecular flexibility index (Phi) is 10.2. The third-order valence-electron chi connectivity index (χ3n) is 10.0. The molecule has 5 aromatic rings. The molecule has 0 aliphatic heterocycles. The van der Waals surface area contributed by atoms with Crippen LogP contribution in [0, 0.1) is 0 Å². The van der Waals surface area contributed by atoms with Gasteiger partial charge in [-0.1, -0.05) is 38.5 Å². The summed E-state index contributed by atoms with van der Waals surface area (Å²) in [7, 11) is 5.89. The Balaban J connectivity index is 1.30. The van der Waals surface area contributed by atoms with Crippen molar-refractivity contribution in [3.05, 3.63) is 47.3 Å². The van der Waals surface area contributed by atoms with Crippen molar-refractivity contribution in [3.8, 4) is 11.6 Å². The molecule has 0 amide bonds. The van der Waals surface area contributed by atoms with Crippen LogP contribution in [0.15, 0.2) is 45.2 Å². The molecule has 4 N–H and O–H groups in total. The van der Waals surface area contributed by atoms with Crippen molar-refractivity contribution in [1.82, 2.24) is 49.1 Å². The first-order chi connectivity index (χ1) is 26.2. The molecule has 2 aliphatic carbocycles. The van der Waals surface area contributed by atoms with Crippen LogP contribution in [0.25, 0.3) is 11.6 Å². The zero-order chi connectivity index (χ0) is 37.9. The SMILES string of the molecule is COC(=O)c1cnn(C)c1N=Nc1c(C2CCCCC2)nn(-c2cc(-n3nc(C4CCCCC4)c(N=Nc4c(C(=O)OC)cnn4C)c3N)ncn2)c1N. The van der Waals surface area contributed by atoms with Gasteiger partial charge in [0, 0.05) is 32.0 Å². The van der Waals surface area contributed by atoms with E-state index in [0.717, 1.165) is 64.2 Å². The number of esters is 2. The molecule has 2 fully saturated rings. The van der Waals surface area contributed by atoms with Gasteiger partial charge in [0.2, 0.25) is 0 Å². The average molecular weight is 739 g/mol. The molecule has 2 aliphatic rings. The maximum absolute atomic E-state index is 12.4. The normalized spacial score (nSPS) is 15.8. The number of carbonyl (C=O) groups is 2. The number of azo groups is 2. The van der Waals surface area contributed by atoms with Crippen LogP contribution in [0.5, 0.6) is 0 Å². The predicted octanol–water partition coefficient (Wildman–Crippen LogP) is 5.98. The summed E-state index contributed by atoms with van der Waals surface area (Å²) in [6, 6.07) is 1.68. The van der Waals surface area contributed by atoms with Gasteiger partial charge < -0.3 is 20.9 Å². The van der Waals surface area contributed by atoms with Crippen LogP contribution >= 0.6 is 0 Å². The number of hydrogen-bond donors (Lipinski definition) is 2. The number of aryl methyl sites for hydroxylation is 2. The van der Waals surface area contributed by atoms with Gasteiger partial charge in [0.15, 0.2) is 46.3 Å². The molecule has 7 rings (SSSR count). The van der Waals surface area contributed by atoms with E-state index in [2.05, 4.69) is 40.6 Å². The molecule has 0 aromatic carbocycles. The maximum Gasteiger partial charge on any atom is 0.343 e. The van der Waals surface area contributed by atoms with Gasteiger partial charge in [0.05, 0.1) is 38.0 Å². The number of methoxy groups -OCH3 is 2. The van der Waals surface area contributed by atoms with Crippen LogP contribution in [0.2, 0.25) is 0 Å². The van der Waals surface area contributed by atoms with Crippen molar-refractivity contribution < 1.29 is 19.1 Å². The third kappa shape index (κ3) is 6.81. The molecular weight excluding hydrogens is 696 g/mol. The number of nitrogen functional groups attached to an aromatic ring is 2. The first-order valence-electron chi connectivity index (χ1n) is 17.8. The minimum atomic E-state index is -0.584. The topological polar surface area (TPSA) is 251 Å². The Labute approximate surface area is 309 Å². The number of ether oxygens (including phenoxy) is 2. The van der Waals surface area contributed by atoms with Gasteiger partial charge in [-0.05, 0) is 25.7 Å². The van der Waals surface area contributed by atoms with Crippen molar-refractivity contribution in [3.63, 3.8) is 0 Å². The lowest BCUT2D eigenvalue weighted by molar-refractivity contribution is 0.0592. The van der Waals surface area contributed by atoms with Crippen molar-refractivity contribution >= 4 is 46.6 Å². The van der Waals surface area contributed by atoms with E-state index in [9.17, 15) is 9.59 Å². The van der Waals surface area contributed by atoms with E-state index in [1.165, 1.54) is 51.7 Å². The second-order valence-corrected chi connectivity index (χ2v) is 13.4. The Bertz CT molecular complexity index is 2080. The average Bonchev–Trinajstić information content (AvgIpc) is 3.95. The molecule has 0 spiro atoms. The zero-order valence-electron chi connectivity index (χ0n) is 30.6. The van der Waals surface area contributed by atoms with Crippen molar-refractivity contribution in [2.24, 2.45) is 34.6 Å². The van der Waals surface area contributed by atoms with Crippen LogP contribution in [0.3, 0.4) is 0 Å². The Morgan fingerprint density at radius 3 is 1.46 bits per heavy atom. The standard InChI is InChI=1S/C34H42N16O4/c1-47-31(21(16-39-47)33(51)53-3)43-41-27-25(19-11-7-5-8-12-19)45-49(29(27)35)23-15-24(38-18-37-23)50-30(36)28(26(46-50)20-13-9-6-10-14-20)42-44-32-22(34(52)54-4)17-40-48(32)2/h15-20H,5-14,35-36H2,1-4H3. The van der Waals surface area contributed by atoms with E-state index >= 15 is 0 Å². The van der Waals surface area contributed by atoms with E-state index in [-0.39, 0.29) is 46.2 Å². The maximum atomic E-state index is 12.4. The highest BCUT2D eigenvalue weighted by Gasteiger charge is 2.29. The summed E-state index contributed by atoms with van der Waals surface area (Å²) in [4.78, 5) is 33.8. The molecular formula is C34H42N16O4. The van der Waals surface area contributed by atoms with Crippen LogP contribution in [0.4, 0.5) is 34.6 Å². The van der Waals surface area contributed by atoms with Crippen LogP contribution < -0.4 is 11.5 Å². The molecule has 0 unspecified atom stereocenters. The summed E-state index contributed by atoms with van der Waals surface area (Å²) < 4.78 is 15.7. The Hall–Kier alpha value is -6.34. The molecule has 5 heterocycles. The molecule has 54 heavy (non-hydrogen) atoms. The van der Waals surface area contributed by atoms with Gasteiger partial charge in [-0.15, -0.1) is 20.5 Å². The number of nitrogens with two attached hydrogens (primary N) is 2. The Morgan fingerprint density at radius 2 is 1.07 bits per heavy atom. The first-order valence-corrected chi connectivity index (χ1v) is 17.8. The van der Waals surface area contributed by atoms with Crippen LogP contribution in [-0.2, 0) is 23.6 Å². The summed E-state index contributed by atoms with van der Waals surface area (Å²) in [5.74, 6) is 0.554. The summed E-state index contributed by atoms with van der Waals surface area (Å²) in [6.45, 7) is 0. The van der Waals surface area contributed by atoms with Gasteiger partial charge >= 0.3 is 11.9 Å². The molecule has 20 nitrogen and oxygen atoms in total. The fourth-order valence-corrected chi connectivity index (χ4v) is 7.11. The second-order valence-electron chi connectivity index (χ2n) is 13.4. The summed E-state index contributed by atoms with van der Waals surface area (Å²) in [5, 5.41) is 36.1. The molecule has 20 heteroatoms. The van der Waals surface area contributed by atoms with Gasteiger partial charge in [0.25, 0.3) is 0 Å². The number of nitrogens with zero attached hydrogens (tertiary/aromatic N) is 14. The monoisotopic (exact) mass is 738 g/mol. The third-order valence-corrected chi connectivity index (χ3v) is 10.0. The summed E-state index contributed by atoms with van der Waals surface area (Å²) in [5.41, 5.74) is 16.0. The lowest BCUT2D eigenvalue weighted by atomic mass is 9.86. The lowest BCUT2D eigenvalue weighted by Crippen LogP contribution is -2.10. The molecule has 0 saturated heterocycles. The molecule has 0 radical (unpaired) electrons. The van der Waals surface area contributed by atoms with Crippen molar-refractivity contribution in [1.29, 1.82) is 0 Å². The summed E-state index contributed by atoms with van der Waals surface area (Å²) >= 11 is 0. The fourth-order valence-electron chi connectivity index (χ4n) is 7.11. The van der Waals surface area contributed by atoms with Gasteiger partial charge in [-0.2, -0.15) is 29.8 Å². The van der Waals surface area contributed by atoms with Gasteiger partial charge in [0.1, 0.15) is 17.5 Å². The molecule has 282 valence electrons. The molecule has 0 atom stereocenters. The van der Waals surface area contributed by atoms with E-state index in [4.69, 9.17) is 31.1 Å². The predicted molar refractivity (Wildman–Crippen MR) is 194 cm³/mol. The molecule has 0 bridgehead atoms. The number of hydrogen-bond acceptors (Lipinski definition) is 16. The highest BCUT2D eigenvalue weighted by molar-refractivity contribution is 5.94. The number of rotatable bonds is 10. The van der Waals surface area contributed by atoms with Crippen LogP contribution in [-0.4, -0.2) is 75.2 Å². The van der Waals surface area contributed by atoms with Crippen molar-refractivity contribution in [2.45, 2.75) is 76.0 Å². The minimum absolute atomic E-state index is 0.0935. The molecule has 5 aromatic heterocycles. The number of carbonyl (C=O) groups excluding carboxylic acids is 2. The van der Waals surface area contributed by atoms with Crippen molar-refractivity contribution in [2.75, 3.05) is 25.7 Å². The quantitative estimate of drug-likeness (QED) is 0.124. The lowest BCUT2D eigenvalue weighted by Gasteiger charge is -2.19.